The van der Waals surface area contributed by atoms with Crippen molar-refractivity contribution in [2.24, 2.45) is 0 Å². The first-order chi connectivity index (χ1) is 9.80. The van der Waals surface area contributed by atoms with Crippen molar-refractivity contribution in [3.8, 4) is 0 Å². The van der Waals surface area contributed by atoms with E-state index < -0.39 is 0 Å². The van der Waals surface area contributed by atoms with Crippen molar-refractivity contribution in [1.29, 1.82) is 0 Å². The highest BCUT2D eigenvalue weighted by Gasteiger charge is 2.52. The Labute approximate surface area is 127 Å². The lowest BCUT2D eigenvalue weighted by atomic mass is 9.82. The van der Waals surface area contributed by atoms with E-state index in [1.807, 2.05) is 10.9 Å². The molecular formula is C16H25BN2O2. The fraction of sp³-hybridized carbons (Fsp3) is 0.688. The molecule has 0 unspecified atom stereocenters. The van der Waals surface area contributed by atoms with Gasteiger partial charge in [0.2, 0.25) is 0 Å². The van der Waals surface area contributed by atoms with Crippen LogP contribution in [0.5, 0.6) is 0 Å². The lowest BCUT2D eigenvalue weighted by Crippen LogP contribution is -2.41. The summed E-state index contributed by atoms with van der Waals surface area (Å²) < 4.78 is 14.2. The SMILES string of the molecule is CC1=C(n2cc(B3OC(C)(C)C(C)(C)O3)cn2)CCCC1. The molecule has 1 aromatic heterocycles. The molecule has 5 heteroatoms. The third kappa shape index (κ3) is 2.57. The minimum absolute atomic E-state index is 0.306. The van der Waals surface area contributed by atoms with Crippen LogP contribution in [-0.2, 0) is 9.31 Å². The molecule has 2 aliphatic rings. The van der Waals surface area contributed by atoms with Gasteiger partial charge in [0.1, 0.15) is 0 Å². The predicted molar refractivity (Wildman–Crippen MR) is 85.3 cm³/mol. The number of aromatic nitrogens is 2. The van der Waals surface area contributed by atoms with Crippen molar-refractivity contribution < 1.29 is 9.31 Å². The van der Waals surface area contributed by atoms with Gasteiger partial charge in [0.15, 0.2) is 0 Å². The number of rotatable bonds is 2. The number of nitrogens with zero attached hydrogens (tertiary/aromatic N) is 2. The molecule has 0 amide bonds. The van der Waals surface area contributed by atoms with Crippen molar-refractivity contribution in [3.63, 3.8) is 0 Å². The van der Waals surface area contributed by atoms with Gasteiger partial charge in [-0.3, -0.25) is 0 Å². The summed E-state index contributed by atoms with van der Waals surface area (Å²) in [4.78, 5) is 0. The molecule has 0 saturated carbocycles. The third-order valence-corrected chi connectivity index (χ3v) is 5.11. The number of hydrogen-bond acceptors (Lipinski definition) is 3. The second-order valence-corrected chi connectivity index (χ2v) is 7.24. The first-order valence-electron chi connectivity index (χ1n) is 7.89. The van der Waals surface area contributed by atoms with Gasteiger partial charge in [0.25, 0.3) is 0 Å². The summed E-state index contributed by atoms with van der Waals surface area (Å²) in [6, 6.07) is 0. The van der Waals surface area contributed by atoms with Gasteiger partial charge in [0.05, 0.1) is 11.2 Å². The van der Waals surface area contributed by atoms with Crippen molar-refractivity contribution in [2.45, 2.75) is 71.5 Å². The Kier molecular flexibility index (Phi) is 3.53. The van der Waals surface area contributed by atoms with Crippen LogP contribution in [0.3, 0.4) is 0 Å². The predicted octanol–water partition coefficient (Wildman–Crippen LogP) is 2.99. The maximum Gasteiger partial charge on any atom is 0.498 e. The summed E-state index contributed by atoms with van der Waals surface area (Å²) >= 11 is 0. The summed E-state index contributed by atoms with van der Waals surface area (Å²) in [6.07, 6.45) is 8.76. The van der Waals surface area contributed by atoms with Crippen LogP contribution in [0.1, 0.15) is 60.3 Å². The van der Waals surface area contributed by atoms with Crippen LogP contribution >= 0.6 is 0 Å². The number of allylic oxidation sites excluding steroid dienone is 2. The molecule has 1 aliphatic carbocycles. The van der Waals surface area contributed by atoms with E-state index in [-0.39, 0.29) is 18.3 Å². The molecule has 21 heavy (non-hydrogen) atoms. The van der Waals surface area contributed by atoms with Crippen molar-refractivity contribution >= 4 is 18.3 Å². The van der Waals surface area contributed by atoms with E-state index in [0.29, 0.717) is 0 Å². The Bertz CT molecular complexity index is 559. The Morgan fingerprint density at radius 3 is 2.33 bits per heavy atom. The molecule has 0 bridgehead atoms. The highest BCUT2D eigenvalue weighted by molar-refractivity contribution is 6.62. The molecule has 1 aliphatic heterocycles. The van der Waals surface area contributed by atoms with Gasteiger partial charge in [-0.1, -0.05) is 5.57 Å². The first kappa shape index (κ1) is 14.9. The second-order valence-electron chi connectivity index (χ2n) is 7.24. The molecule has 2 heterocycles. The maximum atomic E-state index is 6.09. The molecule has 1 fully saturated rings. The van der Waals surface area contributed by atoms with Crippen molar-refractivity contribution in [2.75, 3.05) is 0 Å². The average Bonchev–Trinajstić information content (AvgIpc) is 2.94. The Morgan fingerprint density at radius 2 is 1.71 bits per heavy atom. The minimum Gasteiger partial charge on any atom is -0.399 e. The van der Waals surface area contributed by atoms with Crippen LogP contribution in [-0.4, -0.2) is 28.1 Å². The number of hydrogen-bond donors (Lipinski definition) is 0. The van der Waals surface area contributed by atoms with Crippen LogP contribution in [0.2, 0.25) is 0 Å². The molecule has 114 valence electrons. The molecule has 4 nitrogen and oxygen atoms in total. The molecule has 0 N–H and O–H groups in total. The Hall–Kier alpha value is -1.07. The first-order valence-corrected chi connectivity index (χ1v) is 7.89. The maximum absolute atomic E-state index is 6.09. The van der Waals surface area contributed by atoms with E-state index >= 15 is 0 Å². The van der Waals surface area contributed by atoms with E-state index in [1.54, 1.807) is 0 Å². The van der Waals surface area contributed by atoms with Crippen LogP contribution < -0.4 is 5.46 Å². The van der Waals surface area contributed by atoms with E-state index in [1.165, 1.54) is 30.5 Å². The second kappa shape index (κ2) is 4.99. The van der Waals surface area contributed by atoms with Crippen molar-refractivity contribution in [1.82, 2.24) is 9.78 Å². The lowest BCUT2D eigenvalue weighted by molar-refractivity contribution is 0.00578. The Balaban J connectivity index is 1.84. The molecular weight excluding hydrogens is 263 g/mol. The quantitative estimate of drug-likeness (QED) is 0.785. The van der Waals surface area contributed by atoms with E-state index in [4.69, 9.17) is 9.31 Å². The Morgan fingerprint density at radius 1 is 1.10 bits per heavy atom. The lowest BCUT2D eigenvalue weighted by Gasteiger charge is -2.32. The smallest absolute Gasteiger partial charge is 0.399 e. The summed E-state index contributed by atoms with van der Waals surface area (Å²) in [7, 11) is -0.326. The van der Waals surface area contributed by atoms with E-state index in [0.717, 1.165) is 11.9 Å². The normalized spacial score (nSPS) is 24.7. The molecule has 1 aromatic rings. The van der Waals surface area contributed by atoms with Gasteiger partial charge in [-0.15, -0.1) is 0 Å². The zero-order valence-electron chi connectivity index (χ0n) is 13.8. The zero-order chi connectivity index (χ0) is 15.3. The molecule has 0 aromatic carbocycles. The highest BCUT2D eigenvalue weighted by Crippen LogP contribution is 2.36. The van der Waals surface area contributed by atoms with Gasteiger partial charge in [-0.05, 0) is 60.3 Å². The topological polar surface area (TPSA) is 36.3 Å². The van der Waals surface area contributed by atoms with E-state index in [2.05, 4.69) is 45.9 Å². The summed E-state index contributed by atoms with van der Waals surface area (Å²) in [5, 5.41) is 4.53. The highest BCUT2D eigenvalue weighted by atomic mass is 16.7. The van der Waals surface area contributed by atoms with Gasteiger partial charge in [-0.25, -0.2) is 4.68 Å². The van der Waals surface area contributed by atoms with Crippen LogP contribution in [0.15, 0.2) is 18.0 Å². The monoisotopic (exact) mass is 288 g/mol. The molecule has 0 atom stereocenters. The standard InChI is InChI=1S/C16H25BN2O2/c1-12-8-6-7-9-14(12)19-11-13(10-18-19)17-20-15(2,3)16(4,5)21-17/h10-11H,6-9H2,1-5H3. The summed E-state index contributed by atoms with van der Waals surface area (Å²) in [6.45, 7) is 10.5. The van der Waals surface area contributed by atoms with Gasteiger partial charge in [0, 0.05) is 23.6 Å². The van der Waals surface area contributed by atoms with Gasteiger partial charge in [-0.2, -0.15) is 5.10 Å². The third-order valence-electron chi connectivity index (χ3n) is 5.11. The van der Waals surface area contributed by atoms with Crippen molar-refractivity contribution in [3.05, 3.63) is 18.0 Å². The largest absolute Gasteiger partial charge is 0.498 e. The van der Waals surface area contributed by atoms with Crippen LogP contribution in [0, 0.1) is 0 Å². The van der Waals surface area contributed by atoms with Crippen LogP contribution in [0.4, 0.5) is 0 Å². The zero-order valence-corrected chi connectivity index (χ0v) is 13.8. The van der Waals surface area contributed by atoms with E-state index in [9.17, 15) is 0 Å². The molecule has 0 radical (unpaired) electrons. The van der Waals surface area contributed by atoms with Gasteiger partial charge < -0.3 is 9.31 Å². The summed E-state index contributed by atoms with van der Waals surface area (Å²) in [5.41, 5.74) is 3.17. The fourth-order valence-corrected chi connectivity index (χ4v) is 2.94. The molecule has 1 saturated heterocycles. The average molecular weight is 288 g/mol. The van der Waals surface area contributed by atoms with Crippen LogP contribution in [0.25, 0.3) is 5.70 Å². The summed E-state index contributed by atoms with van der Waals surface area (Å²) in [5.74, 6) is 0. The fourth-order valence-electron chi connectivity index (χ4n) is 2.94. The molecule has 3 rings (SSSR count). The molecule has 0 spiro atoms. The van der Waals surface area contributed by atoms with Gasteiger partial charge >= 0.3 is 7.12 Å². The minimum atomic E-state index is -0.326.